The number of ether oxygens (including phenoxy) is 1. The highest BCUT2D eigenvalue weighted by molar-refractivity contribution is 6.31. The Morgan fingerprint density at radius 1 is 0.926 bits per heavy atom. The lowest BCUT2D eigenvalue weighted by molar-refractivity contribution is -0.384. The first-order valence-corrected chi connectivity index (χ1v) is 8.65. The van der Waals surface area contributed by atoms with Gasteiger partial charge in [-0.3, -0.25) is 14.9 Å². The normalized spacial score (nSPS) is 10.4. The number of halogens is 2. The molecule has 0 radical (unpaired) electrons. The highest BCUT2D eigenvalue weighted by atomic mass is 35.5. The number of hydrogen-bond acceptors (Lipinski definition) is 4. The van der Waals surface area contributed by atoms with E-state index in [1.54, 1.807) is 54.6 Å². The Hall–Kier alpha value is -2.89. The van der Waals surface area contributed by atoms with Crippen LogP contribution in [0.2, 0.25) is 10.0 Å². The number of rotatable bonds is 6. The third-order valence-electron chi connectivity index (χ3n) is 3.83. The number of nitro benzene ring substituents is 1. The van der Waals surface area contributed by atoms with Gasteiger partial charge in [0.05, 0.1) is 10.5 Å². The zero-order valence-electron chi connectivity index (χ0n) is 13.9. The van der Waals surface area contributed by atoms with Crippen molar-refractivity contribution in [1.29, 1.82) is 0 Å². The van der Waals surface area contributed by atoms with E-state index < -0.39 is 4.92 Å². The molecule has 0 fully saturated rings. The lowest BCUT2D eigenvalue weighted by atomic mass is 10.0. The van der Waals surface area contributed by atoms with Gasteiger partial charge in [0.2, 0.25) is 0 Å². The number of ketones is 1. The number of nitro groups is 1. The molecule has 0 atom stereocenters. The highest BCUT2D eigenvalue weighted by Gasteiger charge is 2.16. The van der Waals surface area contributed by atoms with Gasteiger partial charge in [0.1, 0.15) is 12.4 Å². The van der Waals surface area contributed by atoms with Gasteiger partial charge >= 0.3 is 0 Å². The van der Waals surface area contributed by atoms with Crippen molar-refractivity contribution in [3.63, 3.8) is 0 Å². The third-order valence-corrected chi connectivity index (χ3v) is 4.32. The average molecular weight is 402 g/mol. The summed E-state index contributed by atoms with van der Waals surface area (Å²) >= 11 is 11.9. The van der Waals surface area contributed by atoms with Crippen LogP contribution in [-0.2, 0) is 6.61 Å². The SMILES string of the molecule is O=C(c1ccc(Cl)cc1)c1cc(Cl)ccc1OCc1ccc([N+](=O)[O-])cc1. The predicted molar refractivity (Wildman–Crippen MR) is 104 cm³/mol. The van der Waals surface area contributed by atoms with E-state index in [1.165, 1.54) is 12.1 Å². The van der Waals surface area contributed by atoms with Crippen LogP contribution >= 0.6 is 23.2 Å². The van der Waals surface area contributed by atoms with Crippen molar-refractivity contribution < 1.29 is 14.5 Å². The molecular formula is C20H13Cl2NO4. The topological polar surface area (TPSA) is 69.4 Å². The number of non-ortho nitro benzene ring substituents is 1. The molecule has 0 saturated carbocycles. The standard InChI is InChI=1S/C20H13Cl2NO4/c21-15-5-3-14(4-6-15)20(24)18-11-16(22)7-10-19(18)27-12-13-1-8-17(9-2-13)23(25)26/h1-11H,12H2. The molecule has 0 N–H and O–H groups in total. The van der Waals surface area contributed by atoms with E-state index in [1.807, 2.05) is 0 Å². The lowest BCUT2D eigenvalue weighted by Gasteiger charge is -2.12. The van der Waals surface area contributed by atoms with Crippen molar-refractivity contribution in [3.05, 3.63) is 104 Å². The predicted octanol–water partition coefficient (Wildman–Crippen LogP) is 5.71. The summed E-state index contributed by atoms with van der Waals surface area (Å²) in [7, 11) is 0. The first-order chi connectivity index (χ1) is 12.9. The van der Waals surface area contributed by atoms with Crippen molar-refractivity contribution in [2.45, 2.75) is 6.61 Å². The minimum atomic E-state index is -0.466. The summed E-state index contributed by atoms with van der Waals surface area (Å²) in [6, 6.07) is 17.3. The van der Waals surface area contributed by atoms with E-state index in [4.69, 9.17) is 27.9 Å². The summed E-state index contributed by atoms with van der Waals surface area (Å²) < 4.78 is 5.77. The summed E-state index contributed by atoms with van der Waals surface area (Å²) in [5.41, 5.74) is 1.53. The molecule has 136 valence electrons. The van der Waals surface area contributed by atoms with Crippen LogP contribution in [0.15, 0.2) is 66.7 Å². The minimum Gasteiger partial charge on any atom is -0.488 e. The summed E-state index contributed by atoms with van der Waals surface area (Å²) in [6.45, 7) is 0.153. The number of carbonyl (C=O) groups excluding carboxylic acids is 1. The molecule has 0 unspecified atom stereocenters. The number of benzene rings is 3. The largest absolute Gasteiger partial charge is 0.488 e. The van der Waals surface area contributed by atoms with Crippen molar-refractivity contribution in [1.82, 2.24) is 0 Å². The molecule has 0 heterocycles. The Kier molecular flexibility index (Phi) is 5.74. The molecule has 5 nitrogen and oxygen atoms in total. The van der Waals surface area contributed by atoms with E-state index in [2.05, 4.69) is 0 Å². The van der Waals surface area contributed by atoms with E-state index in [9.17, 15) is 14.9 Å². The zero-order valence-corrected chi connectivity index (χ0v) is 15.4. The molecule has 27 heavy (non-hydrogen) atoms. The lowest BCUT2D eigenvalue weighted by Crippen LogP contribution is -2.06. The first-order valence-electron chi connectivity index (χ1n) is 7.90. The van der Waals surface area contributed by atoms with Gasteiger partial charge in [-0.2, -0.15) is 0 Å². The quantitative estimate of drug-likeness (QED) is 0.301. The highest BCUT2D eigenvalue weighted by Crippen LogP contribution is 2.27. The van der Waals surface area contributed by atoms with Gasteiger partial charge in [0.25, 0.3) is 5.69 Å². The molecule has 3 rings (SSSR count). The average Bonchev–Trinajstić information content (AvgIpc) is 2.67. The van der Waals surface area contributed by atoms with Gasteiger partial charge in [-0.1, -0.05) is 23.2 Å². The van der Waals surface area contributed by atoms with E-state index in [0.717, 1.165) is 5.56 Å². The second-order valence-electron chi connectivity index (χ2n) is 5.69. The fourth-order valence-corrected chi connectivity index (χ4v) is 2.74. The maximum atomic E-state index is 12.8. The zero-order chi connectivity index (χ0) is 19.4. The van der Waals surface area contributed by atoms with Crippen LogP contribution in [0.3, 0.4) is 0 Å². The van der Waals surface area contributed by atoms with Crippen LogP contribution in [0, 0.1) is 10.1 Å². The molecule has 0 aliphatic carbocycles. The second-order valence-corrected chi connectivity index (χ2v) is 6.56. The maximum Gasteiger partial charge on any atom is 0.269 e. The van der Waals surface area contributed by atoms with Crippen LogP contribution in [0.5, 0.6) is 5.75 Å². The summed E-state index contributed by atoms with van der Waals surface area (Å²) in [6.07, 6.45) is 0. The number of nitrogens with zero attached hydrogens (tertiary/aromatic N) is 1. The van der Waals surface area contributed by atoms with Crippen molar-refractivity contribution >= 4 is 34.7 Å². The third kappa shape index (κ3) is 4.64. The fourth-order valence-electron chi connectivity index (χ4n) is 2.44. The van der Waals surface area contributed by atoms with Gasteiger partial charge in [-0.25, -0.2) is 0 Å². The van der Waals surface area contributed by atoms with Gasteiger partial charge < -0.3 is 4.74 Å². The molecular weight excluding hydrogens is 389 g/mol. The monoisotopic (exact) mass is 401 g/mol. The molecule has 3 aromatic carbocycles. The number of hydrogen-bond donors (Lipinski definition) is 0. The van der Waals surface area contributed by atoms with Gasteiger partial charge in [-0.05, 0) is 60.2 Å². The van der Waals surface area contributed by atoms with Crippen LogP contribution in [0.25, 0.3) is 0 Å². The Bertz CT molecular complexity index is 986. The van der Waals surface area contributed by atoms with Gasteiger partial charge in [0.15, 0.2) is 5.78 Å². The Morgan fingerprint density at radius 3 is 2.19 bits per heavy atom. The first kappa shape index (κ1) is 18.9. The Labute approximate surface area is 165 Å². The molecule has 0 amide bonds. The van der Waals surface area contributed by atoms with E-state index >= 15 is 0 Å². The summed E-state index contributed by atoms with van der Waals surface area (Å²) in [5.74, 6) is 0.130. The molecule has 3 aromatic rings. The minimum absolute atomic E-state index is 0.00356. The maximum absolute atomic E-state index is 12.8. The van der Waals surface area contributed by atoms with Crippen molar-refractivity contribution in [3.8, 4) is 5.75 Å². The van der Waals surface area contributed by atoms with Gasteiger partial charge in [-0.15, -0.1) is 0 Å². The molecule has 7 heteroatoms. The molecule has 0 bridgehead atoms. The summed E-state index contributed by atoms with van der Waals surface area (Å²) in [5, 5.41) is 11.7. The van der Waals surface area contributed by atoms with Crippen LogP contribution in [-0.4, -0.2) is 10.7 Å². The second kappa shape index (κ2) is 8.20. The van der Waals surface area contributed by atoms with Crippen molar-refractivity contribution in [2.75, 3.05) is 0 Å². The van der Waals surface area contributed by atoms with E-state index in [-0.39, 0.29) is 18.1 Å². The number of carbonyl (C=O) groups is 1. The smallest absolute Gasteiger partial charge is 0.269 e. The molecule has 0 aliphatic heterocycles. The molecule has 0 saturated heterocycles. The van der Waals surface area contributed by atoms with Crippen LogP contribution in [0.1, 0.15) is 21.5 Å². The molecule has 0 aromatic heterocycles. The Balaban J connectivity index is 1.82. The summed E-state index contributed by atoms with van der Waals surface area (Å²) in [4.78, 5) is 23.1. The molecule has 0 aliphatic rings. The van der Waals surface area contributed by atoms with E-state index in [0.29, 0.717) is 26.9 Å². The van der Waals surface area contributed by atoms with Crippen molar-refractivity contribution in [2.24, 2.45) is 0 Å². The fraction of sp³-hybridized carbons (Fsp3) is 0.0500. The Morgan fingerprint density at radius 2 is 1.56 bits per heavy atom. The molecule has 0 spiro atoms. The van der Waals surface area contributed by atoms with Crippen LogP contribution in [0.4, 0.5) is 5.69 Å². The van der Waals surface area contributed by atoms with Crippen LogP contribution < -0.4 is 4.74 Å². The van der Waals surface area contributed by atoms with Gasteiger partial charge in [0, 0.05) is 27.7 Å².